The van der Waals surface area contributed by atoms with Crippen LogP contribution in [-0.2, 0) is 6.42 Å². The van der Waals surface area contributed by atoms with E-state index in [0.29, 0.717) is 18.7 Å². The lowest BCUT2D eigenvalue weighted by Crippen LogP contribution is -2.15. The fourth-order valence-corrected chi connectivity index (χ4v) is 1.53. The first-order valence-corrected chi connectivity index (χ1v) is 4.97. The molecule has 3 heteroatoms. The number of rotatable bonds is 4. The molecular weight excluding hydrogens is 176 g/mol. The van der Waals surface area contributed by atoms with Gasteiger partial charge >= 0.3 is 0 Å². The van der Waals surface area contributed by atoms with Crippen molar-refractivity contribution in [2.24, 2.45) is 11.5 Å². The van der Waals surface area contributed by atoms with Gasteiger partial charge in [0.25, 0.3) is 0 Å². The molecule has 78 valence electrons. The molecule has 0 aliphatic rings. The third-order valence-electron chi connectivity index (χ3n) is 2.41. The molecule has 1 aromatic carbocycles. The fraction of sp³-hybridized carbons (Fsp3) is 0.455. The lowest BCUT2D eigenvalue weighted by Gasteiger charge is -2.14. The highest BCUT2D eigenvalue weighted by Crippen LogP contribution is 2.28. The van der Waals surface area contributed by atoms with Crippen LogP contribution < -0.4 is 11.5 Å². The van der Waals surface area contributed by atoms with Crippen LogP contribution in [0.25, 0.3) is 0 Å². The van der Waals surface area contributed by atoms with E-state index in [1.54, 1.807) is 0 Å². The summed E-state index contributed by atoms with van der Waals surface area (Å²) in [6, 6.07) is 5.53. The summed E-state index contributed by atoms with van der Waals surface area (Å²) in [5, 5.41) is 9.87. The standard InChI is InChI=1S/C11H18N2O/c1-2-8-4-3-5-9(11(8)14)10(13)6-7-12/h3-5,10,14H,2,6-7,12-13H2,1H3/t10-/m1/s1. The molecule has 0 aliphatic carbocycles. The van der Waals surface area contributed by atoms with Crippen LogP contribution in [0.2, 0.25) is 0 Å². The second-order valence-electron chi connectivity index (χ2n) is 3.39. The molecule has 3 nitrogen and oxygen atoms in total. The van der Waals surface area contributed by atoms with E-state index in [-0.39, 0.29) is 6.04 Å². The summed E-state index contributed by atoms with van der Waals surface area (Å²) in [5.41, 5.74) is 13.1. The number of phenolic OH excluding ortho intramolecular Hbond substituents is 1. The van der Waals surface area contributed by atoms with Gasteiger partial charge in [-0.25, -0.2) is 0 Å². The van der Waals surface area contributed by atoms with Gasteiger partial charge < -0.3 is 16.6 Å². The number of para-hydroxylation sites is 1. The molecule has 1 atom stereocenters. The Morgan fingerprint density at radius 3 is 2.71 bits per heavy atom. The van der Waals surface area contributed by atoms with Crippen LogP contribution in [0, 0.1) is 0 Å². The predicted molar refractivity (Wildman–Crippen MR) is 58.1 cm³/mol. The van der Waals surface area contributed by atoms with Crippen molar-refractivity contribution in [1.82, 2.24) is 0 Å². The van der Waals surface area contributed by atoms with Crippen LogP contribution in [0.15, 0.2) is 18.2 Å². The van der Waals surface area contributed by atoms with Crippen LogP contribution in [0.5, 0.6) is 5.75 Å². The minimum atomic E-state index is -0.161. The average Bonchev–Trinajstić information content (AvgIpc) is 2.18. The van der Waals surface area contributed by atoms with Crippen LogP contribution in [0.3, 0.4) is 0 Å². The maximum Gasteiger partial charge on any atom is 0.123 e. The largest absolute Gasteiger partial charge is 0.507 e. The minimum absolute atomic E-state index is 0.161. The Labute approximate surface area is 84.7 Å². The Hall–Kier alpha value is -1.06. The molecule has 1 aromatic rings. The van der Waals surface area contributed by atoms with Crippen molar-refractivity contribution in [2.45, 2.75) is 25.8 Å². The van der Waals surface area contributed by atoms with Crippen molar-refractivity contribution in [2.75, 3.05) is 6.54 Å². The number of benzene rings is 1. The van der Waals surface area contributed by atoms with Gasteiger partial charge in [-0.1, -0.05) is 25.1 Å². The molecular formula is C11H18N2O. The summed E-state index contributed by atoms with van der Waals surface area (Å²) in [7, 11) is 0. The van der Waals surface area contributed by atoms with Gasteiger partial charge in [0.2, 0.25) is 0 Å². The number of hydrogen-bond donors (Lipinski definition) is 3. The SMILES string of the molecule is CCc1cccc([C@H](N)CCN)c1O. The lowest BCUT2D eigenvalue weighted by atomic mass is 9.99. The van der Waals surface area contributed by atoms with E-state index in [0.717, 1.165) is 17.5 Å². The van der Waals surface area contributed by atoms with Crippen molar-refractivity contribution in [1.29, 1.82) is 0 Å². The number of aryl methyl sites for hydroxylation is 1. The van der Waals surface area contributed by atoms with E-state index in [1.165, 1.54) is 0 Å². The summed E-state index contributed by atoms with van der Waals surface area (Å²) in [6.07, 6.45) is 1.51. The third-order valence-corrected chi connectivity index (χ3v) is 2.41. The molecule has 1 rings (SSSR count). The number of hydrogen-bond acceptors (Lipinski definition) is 3. The van der Waals surface area contributed by atoms with Crippen LogP contribution in [0.1, 0.15) is 30.5 Å². The Morgan fingerprint density at radius 1 is 1.43 bits per heavy atom. The Bertz CT molecular complexity index is 299. The zero-order valence-electron chi connectivity index (χ0n) is 8.53. The predicted octanol–water partition coefficient (Wildman–Crippen LogP) is 1.30. The second-order valence-corrected chi connectivity index (χ2v) is 3.39. The highest BCUT2D eigenvalue weighted by molar-refractivity contribution is 5.42. The van der Waals surface area contributed by atoms with Gasteiger partial charge in [0.05, 0.1) is 0 Å². The zero-order valence-corrected chi connectivity index (χ0v) is 8.53. The first kappa shape index (κ1) is 11.0. The molecule has 5 N–H and O–H groups in total. The monoisotopic (exact) mass is 194 g/mol. The lowest BCUT2D eigenvalue weighted by molar-refractivity contribution is 0.453. The van der Waals surface area contributed by atoms with Crippen LogP contribution in [-0.4, -0.2) is 11.7 Å². The van der Waals surface area contributed by atoms with Gasteiger partial charge in [-0.05, 0) is 24.9 Å². The Kier molecular flexibility index (Phi) is 3.92. The van der Waals surface area contributed by atoms with Gasteiger partial charge in [0.15, 0.2) is 0 Å². The van der Waals surface area contributed by atoms with Crippen molar-refractivity contribution >= 4 is 0 Å². The van der Waals surface area contributed by atoms with E-state index in [1.807, 2.05) is 25.1 Å². The molecule has 0 radical (unpaired) electrons. The Balaban J connectivity index is 2.96. The Morgan fingerprint density at radius 2 is 2.14 bits per heavy atom. The summed E-state index contributed by atoms with van der Waals surface area (Å²) < 4.78 is 0. The molecule has 0 bridgehead atoms. The van der Waals surface area contributed by atoms with Crippen molar-refractivity contribution in [3.05, 3.63) is 29.3 Å². The number of aromatic hydroxyl groups is 1. The van der Waals surface area contributed by atoms with Crippen LogP contribution in [0.4, 0.5) is 0 Å². The van der Waals surface area contributed by atoms with Gasteiger partial charge in [-0.15, -0.1) is 0 Å². The summed E-state index contributed by atoms with van der Waals surface area (Å²) in [4.78, 5) is 0. The van der Waals surface area contributed by atoms with E-state index in [4.69, 9.17) is 11.5 Å². The smallest absolute Gasteiger partial charge is 0.123 e. The molecule has 0 saturated carbocycles. The summed E-state index contributed by atoms with van der Waals surface area (Å²) in [6.45, 7) is 2.55. The van der Waals surface area contributed by atoms with E-state index in [2.05, 4.69) is 0 Å². The topological polar surface area (TPSA) is 72.3 Å². The molecule has 0 aromatic heterocycles. The van der Waals surface area contributed by atoms with Gasteiger partial charge in [0, 0.05) is 11.6 Å². The minimum Gasteiger partial charge on any atom is -0.507 e. The first-order valence-electron chi connectivity index (χ1n) is 4.97. The third kappa shape index (κ3) is 2.25. The van der Waals surface area contributed by atoms with E-state index >= 15 is 0 Å². The molecule has 0 saturated heterocycles. The highest BCUT2D eigenvalue weighted by Gasteiger charge is 2.11. The molecule has 0 heterocycles. The van der Waals surface area contributed by atoms with Gasteiger partial charge in [0.1, 0.15) is 5.75 Å². The molecule has 0 spiro atoms. The number of nitrogens with two attached hydrogens (primary N) is 2. The van der Waals surface area contributed by atoms with E-state index in [9.17, 15) is 5.11 Å². The average molecular weight is 194 g/mol. The first-order chi connectivity index (χ1) is 6.70. The quantitative estimate of drug-likeness (QED) is 0.676. The van der Waals surface area contributed by atoms with E-state index < -0.39 is 0 Å². The van der Waals surface area contributed by atoms with Crippen molar-refractivity contribution in [3.8, 4) is 5.75 Å². The maximum absolute atomic E-state index is 9.87. The van der Waals surface area contributed by atoms with Gasteiger partial charge in [-0.2, -0.15) is 0 Å². The van der Waals surface area contributed by atoms with Gasteiger partial charge in [-0.3, -0.25) is 0 Å². The molecule has 0 fully saturated rings. The van der Waals surface area contributed by atoms with Crippen LogP contribution >= 0.6 is 0 Å². The zero-order chi connectivity index (χ0) is 10.6. The number of phenols is 1. The highest BCUT2D eigenvalue weighted by atomic mass is 16.3. The van der Waals surface area contributed by atoms with Crippen molar-refractivity contribution in [3.63, 3.8) is 0 Å². The molecule has 0 aliphatic heterocycles. The molecule has 0 amide bonds. The van der Waals surface area contributed by atoms with Crippen molar-refractivity contribution < 1.29 is 5.11 Å². The maximum atomic E-state index is 9.87. The second kappa shape index (κ2) is 4.98. The molecule has 14 heavy (non-hydrogen) atoms. The molecule has 0 unspecified atom stereocenters. The normalized spacial score (nSPS) is 12.8. The summed E-state index contributed by atoms with van der Waals surface area (Å²) in [5.74, 6) is 0.330. The summed E-state index contributed by atoms with van der Waals surface area (Å²) >= 11 is 0. The fourth-order valence-electron chi connectivity index (χ4n) is 1.53.